The number of halogens is 1. The van der Waals surface area contributed by atoms with E-state index in [4.69, 9.17) is 26.3 Å². The van der Waals surface area contributed by atoms with Crippen molar-refractivity contribution >= 4 is 17.4 Å². The third-order valence-corrected chi connectivity index (χ3v) is 3.17. The zero-order valence-electron chi connectivity index (χ0n) is 10.4. The van der Waals surface area contributed by atoms with Crippen LogP contribution in [0, 0.1) is 11.3 Å². The standard InChI is InChI=1S/C14H10ClN3O2/c15-10-2-4-14(18-11(10)6-16)17-7-9-1-3-12-13(5-9)20-8-19-12/h1-5H,7-8H2,(H,17,18). The second-order valence-corrected chi connectivity index (χ2v) is 4.59. The van der Waals surface area contributed by atoms with E-state index in [1.165, 1.54) is 0 Å². The van der Waals surface area contributed by atoms with E-state index >= 15 is 0 Å². The molecule has 6 heteroatoms. The smallest absolute Gasteiger partial charge is 0.231 e. The number of aromatic nitrogens is 1. The van der Waals surface area contributed by atoms with E-state index in [2.05, 4.69) is 10.3 Å². The molecular formula is C14H10ClN3O2. The molecule has 0 unspecified atom stereocenters. The molecule has 0 radical (unpaired) electrons. The average Bonchev–Trinajstić information content (AvgIpc) is 2.94. The maximum atomic E-state index is 8.88. The third kappa shape index (κ3) is 2.46. The normalized spacial score (nSPS) is 12.0. The summed E-state index contributed by atoms with van der Waals surface area (Å²) in [4.78, 5) is 4.12. The van der Waals surface area contributed by atoms with Gasteiger partial charge in [0, 0.05) is 6.54 Å². The van der Waals surface area contributed by atoms with Crippen molar-refractivity contribution in [1.29, 1.82) is 5.26 Å². The Kier molecular flexibility index (Phi) is 3.32. The van der Waals surface area contributed by atoms with E-state index in [1.54, 1.807) is 12.1 Å². The van der Waals surface area contributed by atoms with E-state index in [-0.39, 0.29) is 12.5 Å². The third-order valence-electron chi connectivity index (χ3n) is 2.86. The molecule has 3 rings (SSSR count). The lowest BCUT2D eigenvalue weighted by molar-refractivity contribution is 0.174. The molecule has 1 aliphatic rings. The number of nitrogens with one attached hydrogen (secondary N) is 1. The first-order valence-electron chi connectivity index (χ1n) is 5.95. The number of nitriles is 1. The lowest BCUT2D eigenvalue weighted by atomic mass is 10.2. The minimum atomic E-state index is 0.211. The quantitative estimate of drug-likeness (QED) is 0.940. The summed E-state index contributed by atoms with van der Waals surface area (Å²) in [5.41, 5.74) is 1.24. The van der Waals surface area contributed by atoms with Gasteiger partial charge < -0.3 is 14.8 Å². The molecule has 5 nitrogen and oxygen atoms in total. The molecular weight excluding hydrogens is 278 g/mol. The fraction of sp³-hybridized carbons (Fsp3) is 0.143. The number of rotatable bonds is 3. The van der Waals surface area contributed by atoms with Gasteiger partial charge >= 0.3 is 0 Å². The Labute approximate surface area is 120 Å². The van der Waals surface area contributed by atoms with Gasteiger partial charge in [-0.3, -0.25) is 0 Å². The van der Waals surface area contributed by atoms with Gasteiger partial charge in [0.05, 0.1) is 5.02 Å². The van der Waals surface area contributed by atoms with Crippen LogP contribution < -0.4 is 14.8 Å². The Morgan fingerprint density at radius 3 is 2.95 bits per heavy atom. The number of anilines is 1. The highest BCUT2D eigenvalue weighted by molar-refractivity contribution is 6.31. The van der Waals surface area contributed by atoms with Crippen LogP contribution >= 0.6 is 11.6 Å². The molecule has 2 aromatic rings. The molecule has 0 fully saturated rings. The highest BCUT2D eigenvalue weighted by Gasteiger charge is 2.13. The van der Waals surface area contributed by atoms with Crippen molar-refractivity contribution in [2.45, 2.75) is 6.54 Å². The number of nitrogens with zero attached hydrogens (tertiary/aromatic N) is 2. The van der Waals surface area contributed by atoms with E-state index in [0.717, 1.165) is 17.1 Å². The van der Waals surface area contributed by atoms with Gasteiger partial charge in [-0.2, -0.15) is 5.26 Å². The Morgan fingerprint density at radius 2 is 2.10 bits per heavy atom. The molecule has 1 aromatic carbocycles. The molecule has 0 amide bonds. The maximum Gasteiger partial charge on any atom is 0.231 e. The van der Waals surface area contributed by atoms with Crippen molar-refractivity contribution in [3.63, 3.8) is 0 Å². The van der Waals surface area contributed by atoms with Crippen LogP contribution in [0.4, 0.5) is 5.82 Å². The van der Waals surface area contributed by atoms with E-state index in [1.807, 2.05) is 24.3 Å². The molecule has 100 valence electrons. The molecule has 0 saturated heterocycles. The number of hydrogen-bond donors (Lipinski definition) is 1. The molecule has 20 heavy (non-hydrogen) atoms. The molecule has 0 spiro atoms. The number of pyridine rings is 1. The Bertz CT molecular complexity index is 697. The van der Waals surface area contributed by atoms with Crippen LogP contribution in [0.2, 0.25) is 5.02 Å². The van der Waals surface area contributed by atoms with Gasteiger partial charge in [-0.05, 0) is 29.8 Å². The van der Waals surface area contributed by atoms with Crippen molar-refractivity contribution in [3.8, 4) is 17.6 Å². The highest BCUT2D eigenvalue weighted by Crippen LogP contribution is 2.32. The van der Waals surface area contributed by atoms with Crippen LogP contribution in [0.15, 0.2) is 30.3 Å². The first-order valence-corrected chi connectivity index (χ1v) is 6.33. The Morgan fingerprint density at radius 1 is 1.25 bits per heavy atom. The van der Waals surface area contributed by atoms with Crippen LogP contribution in [0.5, 0.6) is 11.5 Å². The zero-order chi connectivity index (χ0) is 13.9. The van der Waals surface area contributed by atoms with Crippen molar-refractivity contribution in [2.75, 3.05) is 12.1 Å². The van der Waals surface area contributed by atoms with Gasteiger partial charge in [-0.15, -0.1) is 0 Å². The maximum absolute atomic E-state index is 8.88. The molecule has 0 bridgehead atoms. The van der Waals surface area contributed by atoms with Gasteiger partial charge in [-0.25, -0.2) is 4.98 Å². The summed E-state index contributed by atoms with van der Waals surface area (Å²) in [7, 11) is 0. The van der Waals surface area contributed by atoms with Gasteiger partial charge in [0.25, 0.3) is 0 Å². The molecule has 1 aliphatic heterocycles. The van der Waals surface area contributed by atoms with Crippen LogP contribution in [0.25, 0.3) is 0 Å². The fourth-order valence-electron chi connectivity index (χ4n) is 1.86. The van der Waals surface area contributed by atoms with Crippen molar-refractivity contribution in [3.05, 3.63) is 46.6 Å². The SMILES string of the molecule is N#Cc1nc(NCc2ccc3c(c2)OCO3)ccc1Cl. The zero-order valence-corrected chi connectivity index (χ0v) is 11.1. The number of benzene rings is 1. The first kappa shape index (κ1) is 12.6. The molecule has 2 heterocycles. The Balaban J connectivity index is 1.72. The summed E-state index contributed by atoms with van der Waals surface area (Å²) in [6, 6.07) is 11.1. The van der Waals surface area contributed by atoms with Gasteiger partial charge in [0.1, 0.15) is 11.9 Å². The monoisotopic (exact) mass is 287 g/mol. The molecule has 0 saturated carbocycles. The van der Waals surface area contributed by atoms with Crippen LogP contribution in [0.3, 0.4) is 0 Å². The molecule has 1 aromatic heterocycles. The minimum Gasteiger partial charge on any atom is -0.454 e. The molecule has 1 N–H and O–H groups in total. The van der Waals surface area contributed by atoms with Crippen LogP contribution in [0.1, 0.15) is 11.3 Å². The number of hydrogen-bond acceptors (Lipinski definition) is 5. The molecule has 0 aliphatic carbocycles. The lowest BCUT2D eigenvalue weighted by Gasteiger charge is -2.07. The number of ether oxygens (including phenoxy) is 2. The van der Waals surface area contributed by atoms with E-state index in [0.29, 0.717) is 17.4 Å². The largest absolute Gasteiger partial charge is 0.454 e. The van der Waals surface area contributed by atoms with Crippen LogP contribution in [-0.2, 0) is 6.54 Å². The summed E-state index contributed by atoms with van der Waals surface area (Å²) in [5, 5.41) is 12.4. The Hall–Kier alpha value is -2.45. The van der Waals surface area contributed by atoms with Crippen molar-refractivity contribution < 1.29 is 9.47 Å². The highest BCUT2D eigenvalue weighted by atomic mass is 35.5. The van der Waals surface area contributed by atoms with Gasteiger partial charge in [-0.1, -0.05) is 17.7 Å². The topological polar surface area (TPSA) is 67.2 Å². The number of fused-ring (bicyclic) bond motifs is 1. The fourth-order valence-corrected chi connectivity index (χ4v) is 2.01. The average molecular weight is 288 g/mol. The van der Waals surface area contributed by atoms with Crippen molar-refractivity contribution in [2.24, 2.45) is 0 Å². The lowest BCUT2D eigenvalue weighted by Crippen LogP contribution is -2.02. The summed E-state index contributed by atoms with van der Waals surface area (Å²) >= 11 is 5.83. The van der Waals surface area contributed by atoms with E-state index in [9.17, 15) is 0 Å². The minimum absolute atomic E-state index is 0.211. The first-order chi connectivity index (χ1) is 9.76. The van der Waals surface area contributed by atoms with Crippen LogP contribution in [-0.4, -0.2) is 11.8 Å². The summed E-state index contributed by atoms with van der Waals surface area (Å²) in [6.45, 7) is 0.826. The van der Waals surface area contributed by atoms with E-state index < -0.39 is 0 Å². The second-order valence-electron chi connectivity index (χ2n) is 4.18. The van der Waals surface area contributed by atoms with Gasteiger partial charge in [0.15, 0.2) is 17.2 Å². The summed E-state index contributed by atoms with van der Waals surface area (Å²) in [5.74, 6) is 2.10. The van der Waals surface area contributed by atoms with Gasteiger partial charge in [0.2, 0.25) is 6.79 Å². The second kappa shape index (κ2) is 5.27. The molecule has 0 atom stereocenters. The predicted octanol–water partition coefficient (Wildman–Crippen LogP) is 2.95. The summed E-state index contributed by atoms with van der Waals surface area (Å²) in [6.07, 6.45) is 0. The van der Waals surface area contributed by atoms with Crippen molar-refractivity contribution in [1.82, 2.24) is 4.98 Å². The predicted molar refractivity (Wildman–Crippen MR) is 73.9 cm³/mol. The summed E-state index contributed by atoms with van der Waals surface area (Å²) < 4.78 is 10.6.